The first-order valence-electron chi connectivity index (χ1n) is 11.3. The molecule has 0 aromatic heterocycles. The van der Waals surface area contributed by atoms with Crippen molar-refractivity contribution >= 4 is 10.8 Å². The third kappa shape index (κ3) is 5.20. The highest BCUT2D eigenvalue weighted by Crippen LogP contribution is 2.32. The Kier molecular flexibility index (Phi) is 6.80. The summed E-state index contributed by atoms with van der Waals surface area (Å²) in [5.74, 6) is -0.466. The highest BCUT2D eigenvalue weighted by atomic mass is 19.2. The van der Waals surface area contributed by atoms with Gasteiger partial charge in [-0.1, -0.05) is 42.5 Å². The lowest BCUT2D eigenvalue weighted by Gasteiger charge is -2.26. The Morgan fingerprint density at radius 1 is 0.774 bits per heavy atom. The van der Waals surface area contributed by atoms with Crippen LogP contribution in [0, 0.1) is 29.3 Å². The minimum absolute atomic E-state index is 0.214. The van der Waals surface area contributed by atoms with Crippen LogP contribution in [0.1, 0.15) is 48.8 Å². The smallest absolute Gasteiger partial charge is 0.159 e. The standard InChI is InChI=1S/C28H29F3/c1-2-19-3-5-20(6-4-19)7-8-21-10-15-25-24(17-21)14-13-23(28(25)31)12-9-22-11-16-26(29)27(30)18-22/h2,10-11,13-20H,1,3-9,12H2. The van der Waals surface area contributed by atoms with Crippen LogP contribution < -0.4 is 0 Å². The molecule has 4 rings (SSSR count). The fourth-order valence-electron chi connectivity index (χ4n) is 4.79. The third-order valence-electron chi connectivity index (χ3n) is 6.83. The Bertz CT molecular complexity index is 1060. The minimum Gasteiger partial charge on any atom is -0.206 e. The van der Waals surface area contributed by atoms with E-state index in [0.29, 0.717) is 35.3 Å². The van der Waals surface area contributed by atoms with E-state index in [9.17, 15) is 8.78 Å². The quantitative estimate of drug-likeness (QED) is 0.339. The number of hydrogen-bond acceptors (Lipinski definition) is 0. The van der Waals surface area contributed by atoms with Gasteiger partial charge in [0.1, 0.15) is 5.82 Å². The molecule has 0 spiro atoms. The Morgan fingerprint density at radius 2 is 1.52 bits per heavy atom. The van der Waals surface area contributed by atoms with Crippen LogP contribution in [0.5, 0.6) is 0 Å². The molecule has 0 N–H and O–H groups in total. The molecule has 1 fully saturated rings. The van der Waals surface area contributed by atoms with Crippen molar-refractivity contribution in [2.45, 2.75) is 51.4 Å². The van der Waals surface area contributed by atoms with Crippen LogP contribution in [-0.4, -0.2) is 0 Å². The van der Waals surface area contributed by atoms with Crippen molar-refractivity contribution in [1.29, 1.82) is 0 Å². The molecule has 0 amide bonds. The summed E-state index contributed by atoms with van der Waals surface area (Å²) in [5.41, 5.74) is 2.52. The molecule has 3 aromatic rings. The largest absolute Gasteiger partial charge is 0.206 e. The van der Waals surface area contributed by atoms with Gasteiger partial charge in [-0.3, -0.25) is 0 Å². The van der Waals surface area contributed by atoms with E-state index in [1.807, 2.05) is 24.3 Å². The molecule has 162 valence electrons. The molecule has 0 saturated heterocycles. The van der Waals surface area contributed by atoms with Crippen molar-refractivity contribution in [2.24, 2.45) is 11.8 Å². The molecule has 0 bridgehead atoms. The summed E-state index contributed by atoms with van der Waals surface area (Å²) in [6, 6.07) is 13.7. The van der Waals surface area contributed by atoms with Gasteiger partial charge < -0.3 is 0 Å². The third-order valence-corrected chi connectivity index (χ3v) is 6.83. The first kappa shape index (κ1) is 21.7. The molecule has 1 aliphatic carbocycles. The zero-order chi connectivity index (χ0) is 21.8. The van der Waals surface area contributed by atoms with Gasteiger partial charge >= 0.3 is 0 Å². The summed E-state index contributed by atoms with van der Waals surface area (Å²) in [4.78, 5) is 0. The lowest BCUT2D eigenvalue weighted by Crippen LogP contribution is -2.13. The zero-order valence-electron chi connectivity index (χ0n) is 17.8. The van der Waals surface area contributed by atoms with Gasteiger partial charge in [0, 0.05) is 5.39 Å². The minimum atomic E-state index is -0.863. The van der Waals surface area contributed by atoms with Gasteiger partial charge in [0.15, 0.2) is 11.6 Å². The predicted octanol–water partition coefficient (Wildman–Crippen LogP) is 7.97. The molecule has 0 heterocycles. The van der Waals surface area contributed by atoms with Crippen molar-refractivity contribution in [1.82, 2.24) is 0 Å². The second-order valence-corrected chi connectivity index (χ2v) is 8.90. The monoisotopic (exact) mass is 422 g/mol. The summed E-state index contributed by atoms with van der Waals surface area (Å²) >= 11 is 0. The molecule has 0 radical (unpaired) electrons. The number of halogens is 3. The number of hydrogen-bond donors (Lipinski definition) is 0. The van der Waals surface area contributed by atoms with Crippen molar-refractivity contribution in [2.75, 3.05) is 0 Å². The van der Waals surface area contributed by atoms with Crippen LogP contribution in [-0.2, 0) is 19.3 Å². The van der Waals surface area contributed by atoms with E-state index in [2.05, 4.69) is 18.7 Å². The lowest BCUT2D eigenvalue weighted by atomic mass is 9.79. The number of rotatable bonds is 7. The Labute approximate surface area is 182 Å². The summed E-state index contributed by atoms with van der Waals surface area (Å²) in [5, 5.41) is 1.54. The van der Waals surface area contributed by atoms with Gasteiger partial charge in [-0.2, -0.15) is 0 Å². The fourth-order valence-corrected chi connectivity index (χ4v) is 4.79. The molecule has 0 nitrogen and oxygen atoms in total. The molecular weight excluding hydrogens is 393 g/mol. The second kappa shape index (κ2) is 9.72. The highest BCUT2D eigenvalue weighted by molar-refractivity contribution is 5.84. The maximum atomic E-state index is 15.1. The number of fused-ring (bicyclic) bond motifs is 1. The molecule has 0 atom stereocenters. The molecule has 3 aromatic carbocycles. The Hall–Kier alpha value is -2.55. The average Bonchev–Trinajstić information content (AvgIpc) is 2.80. The predicted molar refractivity (Wildman–Crippen MR) is 122 cm³/mol. The van der Waals surface area contributed by atoms with Gasteiger partial charge in [-0.05, 0) is 97.4 Å². The molecule has 0 aliphatic heterocycles. The van der Waals surface area contributed by atoms with Crippen molar-refractivity contribution in [3.8, 4) is 0 Å². The van der Waals surface area contributed by atoms with Gasteiger partial charge in [0.05, 0.1) is 0 Å². The SMILES string of the molecule is C=CC1CCC(CCc2ccc3c(F)c(CCc4ccc(F)c(F)c4)ccc3c2)CC1. The molecule has 1 saturated carbocycles. The van der Waals surface area contributed by atoms with E-state index in [1.165, 1.54) is 43.7 Å². The molecular formula is C28H29F3. The van der Waals surface area contributed by atoms with Crippen LogP contribution in [0.2, 0.25) is 0 Å². The fraction of sp³-hybridized carbons (Fsp3) is 0.357. The number of allylic oxidation sites excluding steroid dienone is 1. The van der Waals surface area contributed by atoms with E-state index >= 15 is 4.39 Å². The second-order valence-electron chi connectivity index (χ2n) is 8.90. The van der Waals surface area contributed by atoms with Gasteiger partial charge in [-0.15, -0.1) is 6.58 Å². The van der Waals surface area contributed by atoms with Gasteiger partial charge in [0.2, 0.25) is 0 Å². The summed E-state index contributed by atoms with van der Waals surface area (Å²) in [7, 11) is 0. The van der Waals surface area contributed by atoms with E-state index < -0.39 is 11.6 Å². The first-order chi connectivity index (χ1) is 15.0. The van der Waals surface area contributed by atoms with E-state index in [0.717, 1.165) is 23.8 Å². The van der Waals surface area contributed by atoms with E-state index in [1.54, 1.807) is 6.07 Å². The van der Waals surface area contributed by atoms with Crippen LogP contribution in [0.3, 0.4) is 0 Å². The molecule has 3 heteroatoms. The lowest BCUT2D eigenvalue weighted by molar-refractivity contribution is 0.296. The Balaban J connectivity index is 1.40. The first-order valence-corrected chi connectivity index (χ1v) is 11.3. The van der Waals surface area contributed by atoms with Crippen LogP contribution >= 0.6 is 0 Å². The van der Waals surface area contributed by atoms with Crippen LogP contribution in [0.4, 0.5) is 13.2 Å². The highest BCUT2D eigenvalue weighted by Gasteiger charge is 2.19. The van der Waals surface area contributed by atoms with Crippen LogP contribution in [0.25, 0.3) is 10.8 Å². The number of benzene rings is 3. The van der Waals surface area contributed by atoms with Gasteiger partial charge in [0.25, 0.3) is 0 Å². The Morgan fingerprint density at radius 3 is 2.26 bits per heavy atom. The topological polar surface area (TPSA) is 0 Å². The number of aryl methyl sites for hydroxylation is 3. The summed E-state index contributed by atoms with van der Waals surface area (Å²) < 4.78 is 41.5. The van der Waals surface area contributed by atoms with E-state index in [4.69, 9.17) is 0 Å². The van der Waals surface area contributed by atoms with Crippen molar-refractivity contribution in [3.05, 3.63) is 95.3 Å². The molecule has 1 aliphatic rings. The molecule has 0 unspecified atom stereocenters. The van der Waals surface area contributed by atoms with Crippen molar-refractivity contribution < 1.29 is 13.2 Å². The van der Waals surface area contributed by atoms with E-state index in [-0.39, 0.29) is 5.82 Å². The van der Waals surface area contributed by atoms with Gasteiger partial charge in [-0.25, -0.2) is 13.2 Å². The summed E-state index contributed by atoms with van der Waals surface area (Å²) in [6.07, 6.45) is 10.3. The maximum Gasteiger partial charge on any atom is 0.159 e. The maximum absolute atomic E-state index is 15.1. The average molecular weight is 423 g/mol. The zero-order valence-corrected chi connectivity index (χ0v) is 17.8. The summed E-state index contributed by atoms with van der Waals surface area (Å²) in [6.45, 7) is 3.92. The molecule has 31 heavy (non-hydrogen) atoms. The van der Waals surface area contributed by atoms with Crippen molar-refractivity contribution in [3.63, 3.8) is 0 Å². The normalized spacial score (nSPS) is 18.9. The van der Waals surface area contributed by atoms with Crippen LogP contribution in [0.15, 0.2) is 61.2 Å².